The molecule has 39 heavy (non-hydrogen) atoms. The fourth-order valence-corrected chi connectivity index (χ4v) is 5.58. The lowest BCUT2D eigenvalue weighted by molar-refractivity contribution is -0.150. The van der Waals surface area contributed by atoms with Crippen LogP contribution in [-0.4, -0.2) is 67.8 Å². The predicted molar refractivity (Wildman–Crippen MR) is 143 cm³/mol. The van der Waals surface area contributed by atoms with E-state index >= 15 is 0 Å². The molecule has 0 spiro atoms. The van der Waals surface area contributed by atoms with Crippen LogP contribution in [0.3, 0.4) is 0 Å². The first-order chi connectivity index (χ1) is 19.0. The molecule has 2 aromatic carbocycles. The number of nitrogens with zero attached hydrogens (tertiary/aromatic N) is 1. The lowest BCUT2D eigenvalue weighted by atomic mass is 9.94. The zero-order valence-electron chi connectivity index (χ0n) is 22.3. The first-order valence-electron chi connectivity index (χ1n) is 13.8. The second-order valence-corrected chi connectivity index (χ2v) is 10.3. The molecule has 5 rings (SSSR count). The number of benzene rings is 2. The van der Waals surface area contributed by atoms with Crippen molar-refractivity contribution in [2.75, 3.05) is 26.9 Å². The van der Waals surface area contributed by atoms with Crippen LogP contribution in [0.25, 0.3) is 0 Å². The Labute approximate surface area is 228 Å². The van der Waals surface area contributed by atoms with Gasteiger partial charge in [-0.3, -0.25) is 9.59 Å². The molecule has 2 aromatic rings. The summed E-state index contributed by atoms with van der Waals surface area (Å²) in [6.45, 7) is 0.897. The van der Waals surface area contributed by atoms with Gasteiger partial charge < -0.3 is 29.2 Å². The topological polar surface area (TPSA) is 103 Å². The number of nitrogens with one attached hydrogen (secondary N) is 1. The lowest BCUT2D eigenvalue weighted by Crippen LogP contribution is -2.54. The van der Waals surface area contributed by atoms with E-state index in [2.05, 4.69) is 5.32 Å². The Balaban J connectivity index is 1.47. The molecule has 0 bridgehead atoms. The van der Waals surface area contributed by atoms with E-state index in [0.717, 1.165) is 44.9 Å². The normalized spacial score (nSPS) is 21.6. The van der Waals surface area contributed by atoms with E-state index in [4.69, 9.17) is 18.9 Å². The first-order valence-corrected chi connectivity index (χ1v) is 13.8. The molecule has 1 N–H and O–H groups in total. The van der Waals surface area contributed by atoms with Crippen LogP contribution in [0.5, 0.6) is 11.5 Å². The molecule has 0 radical (unpaired) electrons. The molecule has 9 heteroatoms. The van der Waals surface area contributed by atoms with E-state index in [0.29, 0.717) is 29.2 Å². The molecule has 1 aliphatic carbocycles. The highest BCUT2D eigenvalue weighted by atomic mass is 16.6. The third-order valence-corrected chi connectivity index (χ3v) is 7.65. The number of carbonyl (C=O) groups excluding carboxylic acids is 3. The van der Waals surface area contributed by atoms with Gasteiger partial charge in [-0.1, -0.05) is 43.5 Å². The molecule has 3 atom stereocenters. The summed E-state index contributed by atoms with van der Waals surface area (Å²) >= 11 is 0. The maximum atomic E-state index is 14.1. The molecule has 208 valence electrons. The van der Waals surface area contributed by atoms with Gasteiger partial charge in [0, 0.05) is 19.2 Å². The smallest absolute Gasteiger partial charge is 0.337 e. The maximum absolute atomic E-state index is 14.1. The Morgan fingerprint density at radius 2 is 1.72 bits per heavy atom. The van der Waals surface area contributed by atoms with Gasteiger partial charge in [0.2, 0.25) is 12.0 Å². The maximum Gasteiger partial charge on any atom is 0.337 e. The van der Waals surface area contributed by atoms with Crippen molar-refractivity contribution in [2.24, 2.45) is 0 Å². The van der Waals surface area contributed by atoms with Gasteiger partial charge in [0.1, 0.15) is 12.6 Å². The van der Waals surface area contributed by atoms with E-state index in [1.54, 1.807) is 41.3 Å². The summed E-state index contributed by atoms with van der Waals surface area (Å²) in [6.07, 6.45) is 5.71. The minimum absolute atomic E-state index is 0.0378. The summed E-state index contributed by atoms with van der Waals surface area (Å²) in [4.78, 5) is 41.7. The van der Waals surface area contributed by atoms with Crippen LogP contribution in [0.2, 0.25) is 0 Å². The number of hydrogen-bond donors (Lipinski definition) is 1. The molecule has 0 aromatic heterocycles. The van der Waals surface area contributed by atoms with Crippen LogP contribution in [0.15, 0.2) is 48.5 Å². The Morgan fingerprint density at radius 3 is 2.41 bits per heavy atom. The lowest BCUT2D eigenvalue weighted by Gasteiger charge is -2.37. The van der Waals surface area contributed by atoms with Gasteiger partial charge in [-0.15, -0.1) is 0 Å². The van der Waals surface area contributed by atoms with Gasteiger partial charge in [-0.05, 0) is 55.5 Å². The van der Waals surface area contributed by atoms with E-state index in [1.165, 1.54) is 7.11 Å². The molecule has 1 saturated carbocycles. The van der Waals surface area contributed by atoms with Gasteiger partial charge >= 0.3 is 5.97 Å². The summed E-state index contributed by atoms with van der Waals surface area (Å²) in [6, 6.07) is 13.0. The molecule has 9 nitrogen and oxygen atoms in total. The minimum atomic E-state index is -0.934. The molecule has 2 aliphatic heterocycles. The number of methoxy groups -OCH3 is 1. The number of hydrogen-bond acceptors (Lipinski definition) is 7. The van der Waals surface area contributed by atoms with E-state index in [1.807, 2.05) is 12.1 Å². The second kappa shape index (κ2) is 12.5. The number of carbonyl (C=O) groups is 3. The van der Waals surface area contributed by atoms with Crippen molar-refractivity contribution < 1.29 is 33.3 Å². The summed E-state index contributed by atoms with van der Waals surface area (Å²) < 4.78 is 22.7. The largest absolute Gasteiger partial charge is 0.485 e. The molecule has 0 unspecified atom stereocenters. The van der Waals surface area contributed by atoms with Crippen molar-refractivity contribution in [3.8, 4) is 11.5 Å². The van der Waals surface area contributed by atoms with Gasteiger partial charge in [0.05, 0.1) is 18.8 Å². The number of fused-ring (bicyclic) bond motifs is 1. The van der Waals surface area contributed by atoms with Gasteiger partial charge in [0.25, 0.3) is 5.91 Å². The monoisotopic (exact) mass is 536 g/mol. The highest BCUT2D eigenvalue weighted by Crippen LogP contribution is 2.33. The highest BCUT2D eigenvalue weighted by molar-refractivity contribution is 5.92. The van der Waals surface area contributed by atoms with Crippen molar-refractivity contribution in [2.45, 2.75) is 69.2 Å². The van der Waals surface area contributed by atoms with Crippen LogP contribution in [0, 0.1) is 0 Å². The van der Waals surface area contributed by atoms with Crippen molar-refractivity contribution >= 4 is 17.8 Å². The number of para-hydroxylation sites is 2. The SMILES string of the molecule is COC(=O)c1ccc([C@@H](C(=O)NC2CCCCC2)N(C[C@@H]2CCCO2)C(=O)[C@@H]2COc3ccccc3O2)cc1. The molecular formula is C30H36N2O7. The standard InChI is InChI=1S/C30H36N2O7/c1-36-30(35)21-15-13-20(14-16-21)27(28(33)31-22-8-3-2-4-9-22)32(18-23-10-7-17-37-23)29(34)26-19-38-24-11-5-6-12-25(24)39-26/h5-6,11-16,22-23,26-27H,2-4,7-10,17-19H2,1H3,(H,31,33)/t23-,26-,27-/m0/s1. The summed E-state index contributed by atoms with van der Waals surface area (Å²) in [5, 5.41) is 3.21. The zero-order valence-corrected chi connectivity index (χ0v) is 22.3. The summed E-state index contributed by atoms with van der Waals surface area (Å²) in [5.74, 6) is 0.00233. The summed E-state index contributed by atoms with van der Waals surface area (Å²) in [5.41, 5.74) is 0.963. The Morgan fingerprint density at radius 1 is 0.974 bits per heavy atom. The zero-order chi connectivity index (χ0) is 27.2. The third kappa shape index (κ3) is 6.36. The van der Waals surface area contributed by atoms with Crippen LogP contribution < -0.4 is 14.8 Å². The number of rotatable bonds is 8. The van der Waals surface area contributed by atoms with Crippen LogP contribution in [0.1, 0.15) is 66.9 Å². The molecule has 2 amide bonds. The molecule has 3 aliphatic rings. The minimum Gasteiger partial charge on any atom is -0.485 e. The van der Waals surface area contributed by atoms with Crippen LogP contribution >= 0.6 is 0 Å². The van der Waals surface area contributed by atoms with E-state index in [-0.39, 0.29) is 37.1 Å². The van der Waals surface area contributed by atoms with E-state index in [9.17, 15) is 14.4 Å². The number of amides is 2. The van der Waals surface area contributed by atoms with Crippen molar-refractivity contribution in [1.29, 1.82) is 0 Å². The van der Waals surface area contributed by atoms with Crippen molar-refractivity contribution in [3.05, 3.63) is 59.7 Å². The van der Waals surface area contributed by atoms with Crippen LogP contribution in [-0.2, 0) is 19.1 Å². The average molecular weight is 537 g/mol. The summed E-state index contributed by atoms with van der Waals surface area (Å²) in [7, 11) is 1.32. The highest BCUT2D eigenvalue weighted by Gasteiger charge is 2.40. The average Bonchev–Trinajstić information content (AvgIpc) is 3.50. The van der Waals surface area contributed by atoms with Gasteiger partial charge in [-0.2, -0.15) is 0 Å². The Kier molecular flexibility index (Phi) is 8.66. The number of ether oxygens (including phenoxy) is 4. The first kappa shape index (κ1) is 27.0. The van der Waals surface area contributed by atoms with Gasteiger partial charge in [-0.25, -0.2) is 4.79 Å². The molecular weight excluding hydrogens is 500 g/mol. The molecule has 2 heterocycles. The third-order valence-electron chi connectivity index (χ3n) is 7.65. The quantitative estimate of drug-likeness (QED) is 0.512. The van der Waals surface area contributed by atoms with Crippen LogP contribution in [0.4, 0.5) is 0 Å². The Hall–Kier alpha value is -3.59. The fourth-order valence-electron chi connectivity index (χ4n) is 5.58. The predicted octanol–water partition coefficient (Wildman–Crippen LogP) is 3.81. The van der Waals surface area contributed by atoms with Crippen molar-refractivity contribution in [1.82, 2.24) is 10.2 Å². The fraction of sp³-hybridized carbons (Fsp3) is 0.500. The van der Waals surface area contributed by atoms with Crippen molar-refractivity contribution in [3.63, 3.8) is 0 Å². The van der Waals surface area contributed by atoms with E-state index < -0.39 is 18.1 Å². The molecule has 1 saturated heterocycles. The van der Waals surface area contributed by atoms with Gasteiger partial charge in [0.15, 0.2) is 11.5 Å². The second-order valence-electron chi connectivity index (χ2n) is 10.3. The molecule has 2 fully saturated rings. The number of esters is 1. The Bertz CT molecular complexity index is 1160.